The van der Waals surface area contributed by atoms with Gasteiger partial charge in [-0.15, -0.1) is 0 Å². The fraction of sp³-hybridized carbons (Fsp3) is 0.385. The Balaban J connectivity index is 3.10. The van der Waals surface area contributed by atoms with Crippen LogP contribution in [0.4, 0.5) is 0 Å². The van der Waals surface area contributed by atoms with Crippen LogP contribution in [0.5, 0.6) is 0 Å². The molecular weight excluding hydrogens is 280 g/mol. The number of aliphatic carboxylic acids is 1. The van der Waals surface area contributed by atoms with Crippen LogP contribution in [0.3, 0.4) is 0 Å². The standard InChI is InChI=1S/C13H16N2O4S/c1-3-12(13(16)17)15(2)20(18,19)11-6-4-10(5-7-11)8-9-14/h4-7,12H,3,8H2,1-2H3,(H,16,17). The molecule has 1 N–H and O–H groups in total. The first-order valence-electron chi connectivity index (χ1n) is 6.01. The zero-order valence-electron chi connectivity index (χ0n) is 11.3. The van der Waals surface area contributed by atoms with Crippen LogP contribution >= 0.6 is 0 Å². The molecule has 1 aromatic rings. The summed E-state index contributed by atoms with van der Waals surface area (Å²) in [6.07, 6.45) is 0.375. The van der Waals surface area contributed by atoms with Gasteiger partial charge in [0.15, 0.2) is 0 Å². The third-order valence-corrected chi connectivity index (χ3v) is 4.87. The molecule has 0 saturated carbocycles. The lowest BCUT2D eigenvalue weighted by Crippen LogP contribution is -2.41. The summed E-state index contributed by atoms with van der Waals surface area (Å²) in [7, 11) is -2.61. The van der Waals surface area contributed by atoms with Gasteiger partial charge in [0.2, 0.25) is 10.0 Å². The number of carboxylic acids is 1. The molecule has 0 heterocycles. The molecule has 1 aromatic carbocycles. The van der Waals surface area contributed by atoms with Gasteiger partial charge < -0.3 is 5.11 Å². The molecule has 7 heteroatoms. The quantitative estimate of drug-likeness (QED) is 0.851. The molecule has 1 unspecified atom stereocenters. The minimum atomic E-state index is -3.86. The molecule has 0 fully saturated rings. The Morgan fingerprint density at radius 2 is 1.95 bits per heavy atom. The number of rotatable bonds is 6. The lowest BCUT2D eigenvalue weighted by Gasteiger charge is -2.23. The highest BCUT2D eigenvalue weighted by Crippen LogP contribution is 2.18. The van der Waals surface area contributed by atoms with Crippen molar-refractivity contribution in [2.75, 3.05) is 7.05 Å². The molecule has 0 aromatic heterocycles. The van der Waals surface area contributed by atoms with Crippen LogP contribution in [0.2, 0.25) is 0 Å². The SMILES string of the molecule is CCC(C(=O)O)N(C)S(=O)(=O)c1ccc(CC#N)cc1. The number of carboxylic acid groups (broad SMARTS) is 1. The molecule has 0 aliphatic rings. The third-order valence-electron chi connectivity index (χ3n) is 2.99. The molecule has 0 aliphatic heterocycles. The first-order valence-corrected chi connectivity index (χ1v) is 7.45. The van der Waals surface area contributed by atoms with Crippen molar-refractivity contribution in [3.05, 3.63) is 29.8 Å². The second-order valence-electron chi connectivity index (χ2n) is 4.26. The van der Waals surface area contributed by atoms with E-state index in [4.69, 9.17) is 10.4 Å². The van der Waals surface area contributed by atoms with Crippen molar-refractivity contribution in [1.29, 1.82) is 5.26 Å². The highest BCUT2D eigenvalue weighted by atomic mass is 32.2. The topological polar surface area (TPSA) is 98.5 Å². The number of carbonyl (C=O) groups is 1. The van der Waals surface area contributed by atoms with Gasteiger partial charge in [-0.1, -0.05) is 19.1 Å². The summed E-state index contributed by atoms with van der Waals surface area (Å²) in [5, 5.41) is 17.6. The average Bonchev–Trinajstić information content (AvgIpc) is 2.40. The van der Waals surface area contributed by atoms with Gasteiger partial charge in [-0.25, -0.2) is 8.42 Å². The van der Waals surface area contributed by atoms with Crippen LogP contribution in [0.1, 0.15) is 18.9 Å². The number of nitrogens with zero attached hydrogens (tertiary/aromatic N) is 2. The first-order chi connectivity index (χ1) is 9.34. The first kappa shape index (κ1) is 16.1. The molecule has 0 aliphatic carbocycles. The van der Waals surface area contributed by atoms with Gasteiger partial charge in [0.05, 0.1) is 17.4 Å². The molecule has 0 radical (unpaired) electrons. The van der Waals surface area contributed by atoms with Crippen molar-refractivity contribution in [3.63, 3.8) is 0 Å². The summed E-state index contributed by atoms with van der Waals surface area (Å²) in [6.45, 7) is 1.61. The fourth-order valence-electron chi connectivity index (χ4n) is 1.79. The maximum Gasteiger partial charge on any atom is 0.321 e. The number of likely N-dealkylation sites (N-methyl/N-ethyl adjacent to an activating group) is 1. The van der Waals surface area contributed by atoms with Crippen LogP contribution in [-0.2, 0) is 21.2 Å². The molecule has 0 amide bonds. The highest BCUT2D eigenvalue weighted by molar-refractivity contribution is 7.89. The smallest absolute Gasteiger partial charge is 0.321 e. The Morgan fingerprint density at radius 3 is 2.35 bits per heavy atom. The summed E-state index contributed by atoms with van der Waals surface area (Å²) in [5.41, 5.74) is 0.708. The average molecular weight is 296 g/mol. The maximum atomic E-state index is 12.3. The van der Waals surface area contributed by atoms with Gasteiger partial charge in [0.1, 0.15) is 6.04 Å². The molecular formula is C13H16N2O4S. The van der Waals surface area contributed by atoms with E-state index >= 15 is 0 Å². The van der Waals surface area contributed by atoms with Crippen molar-refractivity contribution in [3.8, 4) is 6.07 Å². The lowest BCUT2D eigenvalue weighted by molar-refractivity contribution is -0.141. The highest BCUT2D eigenvalue weighted by Gasteiger charge is 2.31. The van der Waals surface area contributed by atoms with Crippen LogP contribution in [0.25, 0.3) is 0 Å². The molecule has 0 spiro atoms. The van der Waals surface area contributed by atoms with E-state index in [1.54, 1.807) is 19.1 Å². The van der Waals surface area contributed by atoms with Gasteiger partial charge in [0.25, 0.3) is 0 Å². The van der Waals surface area contributed by atoms with E-state index in [0.29, 0.717) is 5.56 Å². The van der Waals surface area contributed by atoms with Gasteiger partial charge in [0, 0.05) is 7.05 Å². The fourth-order valence-corrected chi connectivity index (χ4v) is 3.18. The molecule has 1 atom stereocenters. The van der Waals surface area contributed by atoms with Gasteiger partial charge in [-0.3, -0.25) is 4.79 Å². The van der Waals surface area contributed by atoms with E-state index in [-0.39, 0.29) is 17.7 Å². The third kappa shape index (κ3) is 3.35. The molecule has 0 saturated heterocycles. The summed E-state index contributed by atoms with van der Waals surface area (Å²) in [6, 6.07) is 6.73. The van der Waals surface area contributed by atoms with Crippen LogP contribution in [0.15, 0.2) is 29.2 Å². The summed E-state index contributed by atoms with van der Waals surface area (Å²) < 4.78 is 25.5. The van der Waals surface area contributed by atoms with Crippen LogP contribution in [0, 0.1) is 11.3 Å². The van der Waals surface area contributed by atoms with E-state index in [9.17, 15) is 13.2 Å². The Hall–Kier alpha value is -1.91. The zero-order valence-corrected chi connectivity index (χ0v) is 12.1. The van der Waals surface area contributed by atoms with Crippen molar-refractivity contribution in [2.45, 2.75) is 30.7 Å². The Labute approximate surface area is 118 Å². The summed E-state index contributed by atoms with van der Waals surface area (Å²) in [5.74, 6) is -1.18. The number of nitriles is 1. The van der Waals surface area contributed by atoms with Crippen molar-refractivity contribution < 1.29 is 18.3 Å². The van der Waals surface area contributed by atoms with Gasteiger partial charge >= 0.3 is 5.97 Å². The predicted molar refractivity (Wildman–Crippen MR) is 72.4 cm³/mol. The Morgan fingerprint density at radius 1 is 1.40 bits per heavy atom. The Kier molecular flexibility index (Phi) is 5.25. The predicted octanol–water partition coefficient (Wildman–Crippen LogP) is 1.24. The van der Waals surface area contributed by atoms with E-state index in [0.717, 1.165) is 4.31 Å². The summed E-state index contributed by atoms with van der Waals surface area (Å²) >= 11 is 0. The minimum absolute atomic E-state index is 0.0152. The van der Waals surface area contributed by atoms with Crippen molar-refractivity contribution >= 4 is 16.0 Å². The van der Waals surface area contributed by atoms with Gasteiger partial charge in [-0.05, 0) is 24.1 Å². The van der Waals surface area contributed by atoms with E-state index in [1.807, 2.05) is 6.07 Å². The lowest BCUT2D eigenvalue weighted by atomic mass is 10.2. The minimum Gasteiger partial charge on any atom is -0.480 e. The monoisotopic (exact) mass is 296 g/mol. The van der Waals surface area contributed by atoms with Crippen LogP contribution < -0.4 is 0 Å². The number of hydrogen-bond acceptors (Lipinski definition) is 4. The molecule has 6 nitrogen and oxygen atoms in total. The number of hydrogen-bond donors (Lipinski definition) is 1. The van der Waals surface area contributed by atoms with E-state index in [1.165, 1.54) is 19.2 Å². The van der Waals surface area contributed by atoms with E-state index < -0.39 is 22.0 Å². The maximum absolute atomic E-state index is 12.3. The van der Waals surface area contributed by atoms with Crippen molar-refractivity contribution in [1.82, 2.24) is 4.31 Å². The van der Waals surface area contributed by atoms with Gasteiger partial charge in [-0.2, -0.15) is 9.57 Å². The normalized spacial score (nSPS) is 12.9. The van der Waals surface area contributed by atoms with Crippen molar-refractivity contribution in [2.24, 2.45) is 0 Å². The second-order valence-corrected chi connectivity index (χ2v) is 6.26. The largest absolute Gasteiger partial charge is 0.480 e. The second kappa shape index (κ2) is 6.50. The van der Waals surface area contributed by atoms with Crippen LogP contribution in [-0.4, -0.2) is 36.9 Å². The van der Waals surface area contributed by atoms with E-state index in [2.05, 4.69) is 0 Å². The molecule has 0 bridgehead atoms. The summed E-state index contributed by atoms with van der Waals surface area (Å²) in [4.78, 5) is 11.1. The zero-order chi connectivity index (χ0) is 15.3. The number of sulfonamides is 1. The Bertz CT molecular complexity index is 617. The molecule has 108 valence electrons. The molecule has 20 heavy (non-hydrogen) atoms. The molecule has 1 rings (SSSR count). The number of benzene rings is 1.